The Bertz CT molecular complexity index is 1640. The first-order valence-corrected chi connectivity index (χ1v) is 33.0. The number of unbranched alkanes of at least 4 members (excludes halogenated alkanes) is 28. The molecule has 0 amide bonds. The minimum absolute atomic E-state index is 0.0831. The molecule has 1 atom stereocenters. The molecule has 450 valence electrons. The van der Waals surface area contributed by atoms with Crippen LogP contribution in [0.25, 0.3) is 0 Å². The average molecular weight is 1100 g/mol. The maximum absolute atomic E-state index is 12.9. The minimum Gasteiger partial charge on any atom is -0.462 e. The van der Waals surface area contributed by atoms with Crippen molar-refractivity contribution in [2.75, 3.05) is 13.2 Å². The van der Waals surface area contributed by atoms with Gasteiger partial charge in [-0.15, -0.1) is 0 Å². The molecule has 6 nitrogen and oxygen atoms in total. The van der Waals surface area contributed by atoms with Gasteiger partial charge in [0.05, 0.1) is 0 Å². The van der Waals surface area contributed by atoms with Gasteiger partial charge in [0.15, 0.2) is 6.10 Å². The average Bonchev–Trinajstić information content (AvgIpc) is 3.45. The summed E-state index contributed by atoms with van der Waals surface area (Å²) in [5.74, 6) is -0.896. The summed E-state index contributed by atoms with van der Waals surface area (Å²) in [5.41, 5.74) is 0. The van der Waals surface area contributed by atoms with E-state index in [-0.39, 0.29) is 31.1 Å². The number of rotatable bonds is 59. The third-order valence-electron chi connectivity index (χ3n) is 14.0. The first-order valence-electron chi connectivity index (χ1n) is 33.0. The standard InChI is InChI=1S/C73H122O6/c1-4-7-10-13-16-19-22-24-26-27-28-29-30-31-32-33-34-35-36-37-38-39-40-41-42-43-44-45-47-48-51-54-57-60-63-66-72(75)78-69-70(68-77-71(74)65-62-59-56-53-50-21-18-15-12-9-6-3)79-73(76)67-64-61-58-55-52-49-46-25-23-20-17-14-11-8-5-2/h7,10,16-17,19-20,24-26,28-29,31-32,34-35,37-38,40-41,46,70H,4-6,8-9,11-15,18,21-23,27,30,33,36,39,42-45,47-69H2,1-3H3/b10-7-,19-16-,20-17-,26-24-,29-28-,32-31-,35-34-,38-37-,41-40-,46-25-. The number of carbonyl (C=O) groups is 3. The topological polar surface area (TPSA) is 78.9 Å². The molecule has 0 rings (SSSR count). The van der Waals surface area contributed by atoms with Crippen LogP contribution in [0.3, 0.4) is 0 Å². The van der Waals surface area contributed by atoms with Crippen LogP contribution in [0.4, 0.5) is 0 Å². The number of hydrogen-bond donors (Lipinski definition) is 0. The first kappa shape index (κ1) is 74.8. The lowest BCUT2D eigenvalue weighted by Gasteiger charge is -2.18. The van der Waals surface area contributed by atoms with Crippen molar-refractivity contribution in [3.05, 3.63) is 122 Å². The molecular formula is C73H122O6. The van der Waals surface area contributed by atoms with E-state index in [1.807, 2.05) is 0 Å². The monoisotopic (exact) mass is 1090 g/mol. The number of allylic oxidation sites excluding steroid dienone is 20. The lowest BCUT2D eigenvalue weighted by Crippen LogP contribution is -2.30. The quantitative estimate of drug-likeness (QED) is 0.0261. The van der Waals surface area contributed by atoms with Crippen LogP contribution in [0.15, 0.2) is 122 Å². The molecule has 1 unspecified atom stereocenters. The van der Waals surface area contributed by atoms with E-state index in [0.29, 0.717) is 19.3 Å². The van der Waals surface area contributed by atoms with Crippen LogP contribution in [0, 0.1) is 0 Å². The van der Waals surface area contributed by atoms with Crippen molar-refractivity contribution in [1.82, 2.24) is 0 Å². The lowest BCUT2D eigenvalue weighted by atomic mass is 10.1. The molecule has 0 aliphatic rings. The van der Waals surface area contributed by atoms with Crippen molar-refractivity contribution in [1.29, 1.82) is 0 Å². The van der Waals surface area contributed by atoms with Crippen LogP contribution >= 0.6 is 0 Å². The summed E-state index contributed by atoms with van der Waals surface area (Å²) in [4.78, 5) is 38.2. The van der Waals surface area contributed by atoms with Crippen LogP contribution in [0.2, 0.25) is 0 Å². The largest absolute Gasteiger partial charge is 0.462 e. The van der Waals surface area contributed by atoms with Crippen molar-refractivity contribution in [2.24, 2.45) is 0 Å². The van der Waals surface area contributed by atoms with Gasteiger partial charge in [0.2, 0.25) is 0 Å². The van der Waals surface area contributed by atoms with E-state index in [2.05, 4.69) is 142 Å². The summed E-state index contributed by atoms with van der Waals surface area (Å²) in [5, 5.41) is 0. The molecule has 0 fully saturated rings. The van der Waals surface area contributed by atoms with Crippen LogP contribution in [0.1, 0.15) is 303 Å². The Balaban J connectivity index is 4.19. The predicted molar refractivity (Wildman–Crippen MR) is 343 cm³/mol. The molecular weight excluding hydrogens is 973 g/mol. The predicted octanol–water partition coefficient (Wildman–Crippen LogP) is 22.8. The molecule has 0 aliphatic heterocycles. The fourth-order valence-corrected chi connectivity index (χ4v) is 9.02. The Kier molecular flexibility index (Phi) is 62.8. The van der Waals surface area contributed by atoms with Crippen LogP contribution in [0.5, 0.6) is 0 Å². The smallest absolute Gasteiger partial charge is 0.306 e. The van der Waals surface area contributed by atoms with Crippen molar-refractivity contribution in [3.8, 4) is 0 Å². The second-order valence-corrected chi connectivity index (χ2v) is 21.6. The van der Waals surface area contributed by atoms with Gasteiger partial charge >= 0.3 is 17.9 Å². The van der Waals surface area contributed by atoms with E-state index in [4.69, 9.17) is 14.2 Å². The van der Waals surface area contributed by atoms with E-state index in [1.165, 1.54) is 128 Å². The second kappa shape index (κ2) is 66.3. The van der Waals surface area contributed by atoms with Crippen molar-refractivity contribution in [3.63, 3.8) is 0 Å². The molecule has 0 aromatic carbocycles. The highest BCUT2D eigenvalue weighted by Crippen LogP contribution is 2.16. The van der Waals surface area contributed by atoms with Gasteiger partial charge in [0.1, 0.15) is 13.2 Å². The lowest BCUT2D eigenvalue weighted by molar-refractivity contribution is -0.167. The molecule has 0 aromatic rings. The van der Waals surface area contributed by atoms with Crippen LogP contribution in [-0.4, -0.2) is 37.2 Å². The van der Waals surface area contributed by atoms with E-state index in [0.717, 1.165) is 135 Å². The zero-order chi connectivity index (χ0) is 57.1. The molecule has 6 heteroatoms. The van der Waals surface area contributed by atoms with Gasteiger partial charge in [0, 0.05) is 19.3 Å². The Morgan fingerprint density at radius 2 is 0.494 bits per heavy atom. The number of ether oxygens (including phenoxy) is 3. The Morgan fingerprint density at radius 3 is 0.797 bits per heavy atom. The fraction of sp³-hybridized carbons (Fsp3) is 0.685. The van der Waals surface area contributed by atoms with Gasteiger partial charge in [0.25, 0.3) is 0 Å². The molecule has 0 spiro atoms. The van der Waals surface area contributed by atoms with E-state index in [9.17, 15) is 14.4 Å². The fourth-order valence-electron chi connectivity index (χ4n) is 9.02. The highest BCUT2D eigenvalue weighted by atomic mass is 16.6. The third kappa shape index (κ3) is 64.5. The minimum atomic E-state index is -0.787. The zero-order valence-corrected chi connectivity index (χ0v) is 51.6. The zero-order valence-electron chi connectivity index (χ0n) is 51.6. The SMILES string of the molecule is CC/C=C\C/C=C\C/C=C\C/C=C\C/C=C\C/C=C\C/C=C\C/C=C\CCCCCCCCCCCCC(=O)OCC(COC(=O)CCCCCCCCCCCCC)OC(=O)CCCCCCC/C=C\C/C=C\CCCCC. The molecule has 0 aliphatic carbocycles. The van der Waals surface area contributed by atoms with Crippen LogP contribution < -0.4 is 0 Å². The molecule has 0 saturated heterocycles. The normalized spacial score (nSPS) is 12.9. The van der Waals surface area contributed by atoms with Crippen molar-refractivity contribution < 1.29 is 28.6 Å². The summed E-state index contributed by atoms with van der Waals surface area (Å²) < 4.78 is 16.9. The Labute approximate surface area is 488 Å². The Hall–Kier alpha value is -4.19. The van der Waals surface area contributed by atoms with Gasteiger partial charge in [-0.3, -0.25) is 14.4 Å². The van der Waals surface area contributed by atoms with E-state index in [1.54, 1.807) is 0 Å². The molecule has 0 heterocycles. The molecule has 0 N–H and O–H groups in total. The first-order chi connectivity index (χ1) is 39.0. The van der Waals surface area contributed by atoms with Gasteiger partial charge in [-0.25, -0.2) is 0 Å². The molecule has 0 aromatic heterocycles. The summed E-state index contributed by atoms with van der Waals surface area (Å²) in [7, 11) is 0. The van der Waals surface area contributed by atoms with Crippen LogP contribution in [-0.2, 0) is 28.6 Å². The molecule has 0 saturated carbocycles. The Morgan fingerprint density at radius 1 is 0.266 bits per heavy atom. The molecule has 0 radical (unpaired) electrons. The van der Waals surface area contributed by atoms with E-state index < -0.39 is 6.10 Å². The summed E-state index contributed by atoms with van der Waals surface area (Å²) in [6, 6.07) is 0. The van der Waals surface area contributed by atoms with Crippen molar-refractivity contribution in [2.45, 2.75) is 309 Å². The molecule has 0 bridgehead atoms. The van der Waals surface area contributed by atoms with Gasteiger partial charge in [-0.2, -0.15) is 0 Å². The summed E-state index contributed by atoms with van der Waals surface area (Å²) in [6.07, 6.45) is 92.1. The maximum atomic E-state index is 12.9. The van der Waals surface area contributed by atoms with Gasteiger partial charge < -0.3 is 14.2 Å². The molecule has 79 heavy (non-hydrogen) atoms. The summed E-state index contributed by atoms with van der Waals surface area (Å²) >= 11 is 0. The van der Waals surface area contributed by atoms with Gasteiger partial charge in [-0.1, -0.05) is 290 Å². The van der Waals surface area contributed by atoms with E-state index >= 15 is 0 Å². The van der Waals surface area contributed by atoms with Crippen molar-refractivity contribution >= 4 is 17.9 Å². The highest BCUT2D eigenvalue weighted by Gasteiger charge is 2.19. The highest BCUT2D eigenvalue weighted by molar-refractivity contribution is 5.71. The number of hydrogen-bond acceptors (Lipinski definition) is 6. The van der Waals surface area contributed by atoms with Gasteiger partial charge in [-0.05, 0) is 116 Å². The summed E-state index contributed by atoms with van der Waals surface area (Å²) in [6.45, 7) is 6.49. The number of carbonyl (C=O) groups excluding carboxylic acids is 3. The maximum Gasteiger partial charge on any atom is 0.306 e. The number of esters is 3. The second-order valence-electron chi connectivity index (χ2n) is 21.6. The third-order valence-corrected chi connectivity index (χ3v) is 14.0.